The van der Waals surface area contributed by atoms with E-state index in [1.54, 1.807) is 6.20 Å². The van der Waals surface area contributed by atoms with E-state index in [4.69, 9.17) is 0 Å². The standard InChI is InChI=1S/C10H20N4O2S/c1-8-9(6-12-13-8)5-11-7-10(2,3)14-17(4,15)16/h6,11,14H,5,7H2,1-4H3,(H,12,13). The van der Waals surface area contributed by atoms with Gasteiger partial charge in [-0.2, -0.15) is 5.10 Å². The lowest BCUT2D eigenvalue weighted by Gasteiger charge is -2.25. The summed E-state index contributed by atoms with van der Waals surface area (Å²) in [6.45, 7) is 6.83. The summed E-state index contributed by atoms with van der Waals surface area (Å²) in [6.07, 6.45) is 2.92. The Labute approximate surface area is 102 Å². The fourth-order valence-electron chi connectivity index (χ4n) is 1.60. The van der Waals surface area contributed by atoms with Gasteiger partial charge in [-0.25, -0.2) is 13.1 Å². The highest BCUT2D eigenvalue weighted by Gasteiger charge is 2.21. The molecule has 98 valence electrons. The predicted molar refractivity (Wildman–Crippen MR) is 67.1 cm³/mol. The largest absolute Gasteiger partial charge is 0.311 e. The average Bonchev–Trinajstić information content (AvgIpc) is 2.47. The molecule has 0 aromatic carbocycles. The highest BCUT2D eigenvalue weighted by atomic mass is 32.2. The van der Waals surface area contributed by atoms with Gasteiger partial charge >= 0.3 is 0 Å². The third-order valence-electron chi connectivity index (χ3n) is 2.28. The highest BCUT2D eigenvalue weighted by molar-refractivity contribution is 7.88. The Morgan fingerprint density at radius 1 is 1.47 bits per heavy atom. The van der Waals surface area contributed by atoms with Crippen LogP contribution >= 0.6 is 0 Å². The maximum absolute atomic E-state index is 11.1. The Balaban J connectivity index is 2.43. The molecule has 7 heteroatoms. The third kappa shape index (κ3) is 5.29. The summed E-state index contributed by atoms with van der Waals surface area (Å²) in [5, 5.41) is 9.98. The fraction of sp³-hybridized carbons (Fsp3) is 0.700. The molecule has 0 aliphatic rings. The number of sulfonamides is 1. The molecule has 0 radical (unpaired) electrons. The Morgan fingerprint density at radius 3 is 2.59 bits per heavy atom. The topological polar surface area (TPSA) is 86.9 Å². The molecule has 6 nitrogen and oxygen atoms in total. The van der Waals surface area contributed by atoms with Gasteiger partial charge in [-0.05, 0) is 20.8 Å². The summed E-state index contributed by atoms with van der Waals surface area (Å²) >= 11 is 0. The quantitative estimate of drug-likeness (QED) is 0.679. The minimum atomic E-state index is -3.18. The molecule has 0 spiro atoms. The van der Waals surface area contributed by atoms with Gasteiger partial charge in [0.1, 0.15) is 0 Å². The third-order valence-corrected chi connectivity index (χ3v) is 3.20. The Morgan fingerprint density at radius 2 is 2.12 bits per heavy atom. The Bertz CT molecular complexity index is 464. The van der Waals surface area contributed by atoms with E-state index in [0.717, 1.165) is 17.5 Å². The maximum atomic E-state index is 11.1. The van der Waals surface area contributed by atoms with Crippen LogP contribution in [0.4, 0.5) is 0 Å². The molecule has 0 atom stereocenters. The first-order chi connectivity index (χ1) is 7.70. The van der Waals surface area contributed by atoms with Gasteiger partial charge in [-0.3, -0.25) is 5.10 Å². The van der Waals surface area contributed by atoms with Crippen molar-refractivity contribution < 1.29 is 8.42 Å². The molecule has 1 heterocycles. The van der Waals surface area contributed by atoms with Crippen LogP contribution in [0, 0.1) is 6.92 Å². The molecule has 0 saturated heterocycles. The van der Waals surface area contributed by atoms with Gasteiger partial charge in [-0.15, -0.1) is 0 Å². The minimum Gasteiger partial charge on any atom is -0.311 e. The molecule has 0 aliphatic carbocycles. The van der Waals surface area contributed by atoms with Crippen molar-refractivity contribution in [1.82, 2.24) is 20.2 Å². The summed E-state index contributed by atoms with van der Waals surface area (Å²) in [7, 11) is -3.18. The first-order valence-corrected chi connectivity index (χ1v) is 7.27. The average molecular weight is 260 g/mol. The van der Waals surface area contributed by atoms with Crippen molar-refractivity contribution in [3.05, 3.63) is 17.5 Å². The van der Waals surface area contributed by atoms with Gasteiger partial charge in [0.2, 0.25) is 10.0 Å². The van der Waals surface area contributed by atoms with Gasteiger partial charge in [-0.1, -0.05) is 0 Å². The number of aryl methyl sites for hydroxylation is 1. The molecule has 1 aromatic heterocycles. The number of aromatic amines is 1. The number of rotatable bonds is 6. The molecule has 0 unspecified atom stereocenters. The smallest absolute Gasteiger partial charge is 0.209 e. The van der Waals surface area contributed by atoms with Gasteiger partial charge in [0, 0.05) is 29.9 Å². The normalized spacial score (nSPS) is 12.9. The fourth-order valence-corrected chi connectivity index (χ4v) is 2.68. The molecule has 0 saturated carbocycles. The molecule has 0 bridgehead atoms. The summed E-state index contributed by atoms with van der Waals surface area (Å²) < 4.78 is 24.9. The zero-order valence-electron chi connectivity index (χ0n) is 10.7. The molecule has 1 rings (SSSR count). The van der Waals surface area contributed by atoms with Crippen molar-refractivity contribution in [3.8, 4) is 0 Å². The molecule has 3 N–H and O–H groups in total. The van der Waals surface area contributed by atoms with E-state index < -0.39 is 15.6 Å². The van der Waals surface area contributed by atoms with Crippen LogP contribution in [0.1, 0.15) is 25.1 Å². The predicted octanol–water partition coefficient (Wildman–Crippen LogP) is 0.136. The molecule has 0 amide bonds. The molecule has 0 fully saturated rings. The van der Waals surface area contributed by atoms with Crippen molar-refractivity contribution >= 4 is 10.0 Å². The van der Waals surface area contributed by atoms with E-state index in [1.165, 1.54) is 0 Å². The Kier molecular flexibility index (Phi) is 4.29. The number of H-pyrrole nitrogens is 1. The second-order valence-corrected chi connectivity index (χ2v) is 6.63. The van der Waals surface area contributed by atoms with E-state index in [1.807, 2.05) is 20.8 Å². The van der Waals surface area contributed by atoms with Crippen LogP contribution in [0.15, 0.2) is 6.20 Å². The van der Waals surface area contributed by atoms with Crippen molar-refractivity contribution in [2.45, 2.75) is 32.9 Å². The summed E-state index contributed by atoms with van der Waals surface area (Å²) in [5.41, 5.74) is 1.59. The summed E-state index contributed by atoms with van der Waals surface area (Å²) in [6, 6.07) is 0. The first kappa shape index (κ1) is 14.1. The maximum Gasteiger partial charge on any atom is 0.209 e. The van der Waals surface area contributed by atoms with E-state index >= 15 is 0 Å². The van der Waals surface area contributed by atoms with E-state index in [0.29, 0.717) is 13.1 Å². The monoisotopic (exact) mass is 260 g/mol. The molecular weight excluding hydrogens is 240 g/mol. The lowest BCUT2D eigenvalue weighted by Crippen LogP contribution is -2.49. The molecule has 1 aromatic rings. The number of aromatic nitrogens is 2. The van der Waals surface area contributed by atoms with Crippen LogP contribution in [-0.2, 0) is 16.6 Å². The van der Waals surface area contributed by atoms with Crippen molar-refractivity contribution in [3.63, 3.8) is 0 Å². The number of nitrogens with zero attached hydrogens (tertiary/aromatic N) is 1. The Hall–Kier alpha value is -0.920. The van der Waals surface area contributed by atoms with E-state index in [-0.39, 0.29) is 0 Å². The van der Waals surface area contributed by atoms with Crippen LogP contribution in [0.3, 0.4) is 0 Å². The summed E-state index contributed by atoms with van der Waals surface area (Å²) in [5.74, 6) is 0. The van der Waals surface area contributed by atoms with Crippen molar-refractivity contribution in [2.75, 3.05) is 12.8 Å². The van der Waals surface area contributed by atoms with Crippen molar-refractivity contribution in [2.24, 2.45) is 0 Å². The minimum absolute atomic E-state index is 0.509. The van der Waals surface area contributed by atoms with Crippen molar-refractivity contribution in [1.29, 1.82) is 0 Å². The van der Waals surface area contributed by atoms with Gasteiger partial charge < -0.3 is 5.32 Å². The molecular formula is C10H20N4O2S. The lowest BCUT2D eigenvalue weighted by atomic mass is 10.1. The first-order valence-electron chi connectivity index (χ1n) is 5.38. The molecule has 17 heavy (non-hydrogen) atoms. The number of hydrogen-bond donors (Lipinski definition) is 3. The van der Waals surface area contributed by atoms with Crippen LogP contribution in [-0.4, -0.2) is 37.0 Å². The number of hydrogen-bond acceptors (Lipinski definition) is 4. The van der Waals surface area contributed by atoms with Gasteiger partial charge in [0.05, 0.1) is 12.5 Å². The van der Waals surface area contributed by atoms with Crippen LogP contribution in [0.2, 0.25) is 0 Å². The zero-order chi connectivity index (χ0) is 13.1. The van der Waals surface area contributed by atoms with Gasteiger partial charge in [0.25, 0.3) is 0 Å². The van der Waals surface area contributed by atoms with E-state index in [9.17, 15) is 8.42 Å². The second-order valence-electron chi connectivity index (χ2n) is 4.88. The molecule has 0 aliphatic heterocycles. The van der Waals surface area contributed by atoms with Gasteiger partial charge in [0.15, 0.2) is 0 Å². The summed E-state index contributed by atoms with van der Waals surface area (Å²) in [4.78, 5) is 0. The number of nitrogens with one attached hydrogen (secondary N) is 3. The second kappa shape index (κ2) is 5.16. The van der Waals surface area contributed by atoms with Crippen LogP contribution < -0.4 is 10.0 Å². The van der Waals surface area contributed by atoms with Crippen LogP contribution in [0.5, 0.6) is 0 Å². The highest BCUT2D eigenvalue weighted by Crippen LogP contribution is 2.05. The van der Waals surface area contributed by atoms with Crippen LogP contribution in [0.25, 0.3) is 0 Å². The SMILES string of the molecule is Cc1[nH]ncc1CNCC(C)(C)NS(C)(=O)=O. The zero-order valence-corrected chi connectivity index (χ0v) is 11.5. The lowest BCUT2D eigenvalue weighted by molar-refractivity contribution is 0.421. The van der Waals surface area contributed by atoms with E-state index in [2.05, 4.69) is 20.2 Å².